The van der Waals surface area contributed by atoms with Gasteiger partial charge in [-0.15, -0.1) is 6.58 Å². The summed E-state index contributed by atoms with van der Waals surface area (Å²) in [6, 6.07) is 0.544. The molecule has 1 nitrogen and oxygen atoms in total. The molecule has 0 radical (unpaired) electrons. The molecule has 0 amide bonds. The predicted molar refractivity (Wildman–Crippen MR) is 56.1 cm³/mol. The van der Waals surface area contributed by atoms with E-state index in [1.54, 1.807) is 0 Å². The van der Waals surface area contributed by atoms with Crippen molar-refractivity contribution in [1.82, 2.24) is 4.90 Å². The first-order valence-electron chi connectivity index (χ1n) is 4.50. The summed E-state index contributed by atoms with van der Waals surface area (Å²) in [6.07, 6.45) is 2.08. The molecule has 0 unspecified atom stereocenters. The van der Waals surface area contributed by atoms with Crippen molar-refractivity contribution in [3.05, 3.63) is 24.4 Å². The highest BCUT2D eigenvalue weighted by molar-refractivity contribution is 4.99. The zero-order valence-corrected chi connectivity index (χ0v) is 8.85. The summed E-state index contributed by atoms with van der Waals surface area (Å²) in [5, 5.41) is 0. The van der Waals surface area contributed by atoms with E-state index in [9.17, 15) is 0 Å². The number of hydrogen-bond acceptors (Lipinski definition) is 1. The van der Waals surface area contributed by atoms with Gasteiger partial charge in [0.05, 0.1) is 0 Å². The minimum Gasteiger partial charge on any atom is -0.376 e. The average molecular weight is 167 g/mol. The topological polar surface area (TPSA) is 3.24 Å². The normalized spacial score (nSPS) is 10.1. The zero-order chi connectivity index (χ0) is 9.72. The molecule has 1 heteroatoms. The first kappa shape index (κ1) is 11.3. The van der Waals surface area contributed by atoms with Crippen LogP contribution in [0.5, 0.6) is 0 Å². The summed E-state index contributed by atoms with van der Waals surface area (Å²) >= 11 is 0. The Kier molecular flexibility index (Phi) is 4.72. The average Bonchev–Trinajstić information content (AvgIpc) is 1.98. The van der Waals surface area contributed by atoms with Crippen molar-refractivity contribution >= 4 is 0 Å². The second-order valence-corrected chi connectivity index (χ2v) is 3.73. The lowest BCUT2D eigenvalue weighted by Crippen LogP contribution is -2.24. The van der Waals surface area contributed by atoms with Crippen molar-refractivity contribution in [3.8, 4) is 0 Å². The van der Waals surface area contributed by atoms with Crippen molar-refractivity contribution in [1.29, 1.82) is 0 Å². The second-order valence-electron chi connectivity index (χ2n) is 3.73. The van der Waals surface area contributed by atoms with E-state index >= 15 is 0 Å². The highest BCUT2D eigenvalue weighted by Gasteiger charge is 2.04. The molecule has 0 bridgehead atoms. The lowest BCUT2D eigenvalue weighted by atomic mass is 10.1. The van der Waals surface area contributed by atoms with Gasteiger partial charge in [0.2, 0.25) is 0 Å². The summed E-state index contributed by atoms with van der Waals surface area (Å²) in [5.41, 5.74) is 2.43. The Morgan fingerprint density at radius 3 is 2.08 bits per heavy atom. The highest BCUT2D eigenvalue weighted by atomic mass is 15.1. The maximum absolute atomic E-state index is 4.03. The molecule has 0 saturated carbocycles. The van der Waals surface area contributed by atoms with Crippen molar-refractivity contribution in [2.24, 2.45) is 0 Å². The molecule has 0 aromatic rings. The van der Waals surface area contributed by atoms with Gasteiger partial charge in [0.15, 0.2) is 0 Å². The predicted octanol–water partition coefficient (Wildman–Crippen LogP) is 3.20. The van der Waals surface area contributed by atoms with Crippen LogP contribution in [-0.2, 0) is 0 Å². The van der Waals surface area contributed by atoms with E-state index in [4.69, 9.17) is 0 Å². The van der Waals surface area contributed by atoms with Gasteiger partial charge in [0.1, 0.15) is 0 Å². The van der Waals surface area contributed by atoms with Crippen molar-refractivity contribution in [2.45, 2.75) is 39.7 Å². The SMILES string of the molecule is C=C(C)CCC(=C)N(C)C(C)C. The molecular formula is C11H21N. The molecule has 0 aliphatic heterocycles. The van der Waals surface area contributed by atoms with Gasteiger partial charge >= 0.3 is 0 Å². The molecule has 0 aliphatic carbocycles. The number of rotatable bonds is 5. The largest absolute Gasteiger partial charge is 0.376 e. The van der Waals surface area contributed by atoms with E-state index in [0.29, 0.717) is 6.04 Å². The summed E-state index contributed by atoms with van der Waals surface area (Å²) < 4.78 is 0. The highest BCUT2D eigenvalue weighted by Crippen LogP contribution is 2.13. The molecular weight excluding hydrogens is 146 g/mol. The monoisotopic (exact) mass is 167 g/mol. The molecule has 12 heavy (non-hydrogen) atoms. The Hall–Kier alpha value is -0.720. The molecule has 0 heterocycles. The smallest absolute Gasteiger partial charge is 0.0226 e. The van der Waals surface area contributed by atoms with Gasteiger partial charge in [-0.1, -0.05) is 12.2 Å². The Morgan fingerprint density at radius 2 is 1.75 bits per heavy atom. The number of hydrogen-bond donors (Lipinski definition) is 0. The lowest BCUT2D eigenvalue weighted by Gasteiger charge is -2.25. The van der Waals surface area contributed by atoms with Crippen LogP contribution >= 0.6 is 0 Å². The number of nitrogens with zero attached hydrogens (tertiary/aromatic N) is 1. The maximum atomic E-state index is 4.03. The van der Waals surface area contributed by atoms with E-state index < -0.39 is 0 Å². The Bertz CT molecular complexity index is 168. The van der Waals surface area contributed by atoms with Gasteiger partial charge in [0, 0.05) is 18.8 Å². The van der Waals surface area contributed by atoms with E-state index in [1.807, 2.05) is 0 Å². The standard InChI is InChI=1S/C11H21N/c1-9(2)7-8-11(5)12(6)10(3)4/h10H,1,5,7-8H2,2-4,6H3. The third kappa shape index (κ3) is 4.22. The van der Waals surface area contributed by atoms with Gasteiger partial charge in [-0.3, -0.25) is 0 Å². The summed E-state index contributed by atoms with van der Waals surface area (Å²) in [7, 11) is 2.09. The lowest BCUT2D eigenvalue weighted by molar-refractivity contribution is 0.334. The van der Waals surface area contributed by atoms with E-state index in [2.05, 4.69) is 45.9 Å². The van der Waals surface area contributed by atoms with Crippen LogP contribution in [-0.4, -0.2) is 18.0 Å². The molecule has 0 aromatic carbocycles. The van der Waals surface area contributed by atoms with Crippen LogP contribution in [0.4, 0.5) is 0 Å². The third-order valence-corrected chi connectivity index (χ3v) is 2.11. The van der Waals surface area contributed by atoms with Crippen LogP contribution in [0.3, 0.4) is 0 Å². The van der Waals surface area contributed by atoms with Crippen LogP contribution < -0.4 is 0 Å². The van der Waals surface area contributed by atoms with Gasteiger partial charge in [0.25, 0.3) is 0 Å². The van der Waals surface area contributed by atoms with Crippen molar-refractivity contribution in [3.63, 3.8) is 0 Å². The number of allylic oxidation sites excluding steroid dienone is 2. The first-order valence-corrected chi connectivity index (χ1v) is 4.50. The maximum Gasteiger partial charge on any atom is 0.0226 e. The quantitative estimate of drug-likeness (QED) is 0.568. The fourth-order valence-electron chi connectivity index (χ4n) is 0.899. The van der Waals surface area contributed by atoms with Crippen LogP contribution in [0.15, 0.2) is 24.4 Å². The fraction of sp³-hybridized carbons (Fsp3) is 0.636. The van der Waals surface area contributed by atoms with Gasteiger partial charge in [-0.2, -0.15) is 0 Å². The molecule has 0 saturated heterocycles. The van der Waals surface area contributed by atoms with Crippen LogP contribution in [0, 0.1) is 0 Å². The second kappa shape index (κ2) is 5.02. The minimum absolute atomic E-state index is 0.544. The minimum atomic E-state index is 0.544. The molecule has 70 valence electrons. The first-order chi connectivity index (χ1) is 5.45. The molecule has 0 fully saturated rings. The molecule has 0 spiro atoms. The summed E-state index contributed by atoms with van der Waals surface area (Å²) in [4.78, 5) is 2.21. The van der Waals surface area contributed by atoms with Crippen LogP contribution in [0.1, 0.15) is 33.6 Å². The summed E-state index contributed by atoms with van der Waals surface area (Å²) in [6.45, 7) is 14.3. The van der Waals surface area contributed by atoms with Gasteiger partial charge in [-0.05, 0) is 33.6 Å². The van der Waals surface area contributed by atoms with Gasteiger partial charge in [-0.25, -0.2) is 0 Å². The van der Waals surface area contributed by atoms with Crippen molar-refractivity contribution < 1.29 is 0 Å². The zero-order valence-electron chi connectivity index (χ0n) is 8.85. The van der Waals surface area contributed by atoms with Crippen LogP contribution in [0.25, 0.3) is 0 Å². The molecule has 0 rings (SSSR count). The Labute approximate surface area is 76.8 Å². The Balaban J connectivity index is 3.80. The fourth-order valence-corrected chi connectivity index (χ4v) is 0.899. The van der Waals surface area contributed by atoms with E-state index in [0.717, 1.165) is 12.8 Å². The third-order valence-electron chi connectivity index (χ3n) is 2.11. The van der Waals surface area contributed by atoms with E-state index in [-0.39, 0.29) is 0 Å². The Morgan fingerprint density at radius 1 is 1.25 bits per heavy atom. The molecule has 0 aliphatic rings. The van der Waals surface area contributed by atoms with E-state index in [1.165, 1.54) is 11.3 Å². The summed E-state index contributed by atoms with van der Waals surface area (Å²) in [5.74, 6) is 0. The molecule has 0 N–H and O–H groups in total. The van der Waals surface area contributed by atoms with Crippen LogP contribution in [0.2, 0.25) is 0 Å². The molecule has 0 aromatic heterocycles. The van der Waals surface area contributed by atoms with Crippen molar-refractivity contribution in [2.75, 3.05) is 7.05 Å². The molecule has 0 atom stereocenters. The van der Waals surface area contributed by atoms with Gasteiger partial charge < -0.3 is 4.90 Å².